The Morgan fingerprint density at radius 1 is 1.30 bits per heavy atom. The minimum Gasteiger partial charge on any atom is -0.394 e. The van der Waals surface area contributed by atoms with Crippen molar-refractivity contribution >= 4 is 29.3 Å². The summed E-state index contributed by atoms with van der Waals surface area (Å²) in [6.45, 7) is 3.93. The molecule has 1 aromatic rings. The second-order valence-electron chi connectivity index (χ2n) is 4.75. The van der Waals surface area contributed by atoms with Crippen LogP contribution in [0.15, 0.2) is 29.2 Å². The summed E-state index contributed by atoms with van der Waals surface area (Å²) in [5.41, 5.74) is -0.470. The Hall–Kier alpha value is -0.710. The number of aliphatic hydroxyl groups is 1. The number of hydrogen-bond donors (Lipinski definition) is 2. The van der Waals surface area contributed by atoms with Gasteiger partial charge in [0.2, 0.25) is 5.91 Å². The van der Waals surface area contributed by atoms with Gasteiger partial charge < -0.3 is 10.4 Å². The molecule has 2 N–H and O–H groups in total. The van der Waals surface area contributed by atoms with E-state index < -0.39 is 5.54 Å². The molecule has 0 spiro atoms. The molecule has 0 atom stereocenters. The van der Waals surface area contributed by atoms with Crippen LogP contribution >= 0.6 is 23.4 Å². The molecule has 0 aromatic heterocycles. The first-order valence-electron chi connectivity index (χ1n) is 6.85. The van der Waals surface area contributed by atoms with Gasteiger partial charge in [-0.15, -0.1) is 11.8 Å². The number of carbonyl (C=O) groups excluding carboxylic acids is 1. The zero-order valence-electron chi connectivity index (χ0n) is 12.0. The van der Waals surface area contributed by atoms with Crippen LogP contribution in [0.3, 0.4) is 0 Å². The Morgan fingerprint density at radius 2 is 1.90 bits per heavy atom. The topological polar surface area (TPSA) is 49.3 Å². The van der Waals surface area contributed by atoms with E-state index in [4.69, 9.17) is 11.6 Å². The number of amides is 1. The maximum absolute atomic E-state index is 11.9. The predicted molar refractivity (Wildman–Crippen MR) is 85.3 cm³/mol. The SMILES string of the molecule is CCC(CC)(CO)NC(=O)CCSc1ccc(Cl)cc1. The van der Waals surface area contributed by atoms with Gasteiger partial charge in [0.25, 0.3) is 0 Å². The van der Waals surface area contributed by atoms with Gasteiger partial charge in [-0.05, 0) is 37.1 Å². The van der Waals surface area contributed by atoms with Crippen LogP contribution in [-0.2, 0) is 4.79 Å². The third-order valence-electron chi connectivity index (χ3n) is 3.47. The molecule has 1 amide bonds. The first-order valence-corrected chi connectivity index (χ1v) is 8.22. The molecule has 3 nitrogen and oxygen atoms in total. The second-order valence-corrected chi connectivity index (χ2v) is 6.35. The Labute approximate surface area is 130 Å². The molecular weight excluding hydrogens is 294 g/mol. The van der Waals surface area contributed by atoms with Crippen LogP contribution in [0.5, 0.6) is 0 Å². The number of halogens is 1. The highest BCUT2D eigenvalue weighted by Crippen LogP contribution is 2.21. The summed E-state index contributed by atoms with van der Waals surface area (Å²) in [6, 6.07) is 7.58. The van der Waals surface area contributed by atoms with Crippen LogP contribution in [0.1, 0.15) is 33.1 Å². The number of carbonyl (C=O) groups is 1. The van der Waals surface area contributed by atoms with Gasteiger partial charge in [0.15, 0.2) is 0 Å². The molecule has 0 aliphatic rings. The van der Waals surface area contributed by atoms with Crippen molar-refractivity contribution in [2.45, 2.75) is 43.5 Å². The summed E-state index contributed by atoms with van der Waals surface area (Å²) < 4.78 is 0. The molecule has 0 radical (unpaired) electrons. The van der Waals surface area contributed by atoms with E-state index >= 15 is 0 Å². The molecule has 0 saturated carbocycles. The fraction of sp³-hybridized carbons (Fsp3) is 0.533. The molecule has 0 aliphatic carbocycles. The molecule has 5 heteroatoms. The average molecular weight is 316 g/mol. The van der Waals surface area contributed by atoms with Gasteiger partial charge in [-0.1, -0.05) is 25.4 Å². The number of rotatable bonds is 8. The molecular formula is C15H22ClNO2S. The number of benzene rings is 1. The van der Waals surface area contributed by atoms with Crippen molar-refractivity contribution in [3.8, 4) is 0 Å². The molecule has 20 heavy (non-hydrogen) atoms. The van der Waals surface area contributed by atoms with Gasteiger partial charge in [0, 0.05) is 22.1 Å². The highest BCUT2D eigenvalue weighted by molar-refractivity contribution is 7.99. The summed E-state index contributed by atoms with van der Waals surface area (Å²) in [5, 5.41) is 13.1. The molecule has 112 valence electrons. The maximum atomic E-state index is 11.9. The summed E-state index contributed by atoms with van der Waals surface area (Å²) in [4.78, 5) is 13.0. The standard InChI is InChI=1S/C15H22ClNO2S/c1-3-15(4-2,11-18)17-14(19)9-10-20-13-7-5-12(16)6-8-13/h5-8,18H,3-4,9-11H2,1-2H3,(H,17,19). The summed E-state index contributed by atoms with van der Waals surface area (Å²) >= 11 is 7.44. The molecule has 1 rings (SSSR count). The van der Waals surface area contributed by atoms with Crippen LogP contribution in [0.25, 0.3) is 0 Å². The van der Waals surface area contributed by atoms with E-state index in [0.29, 0.717) is 17.2 Å². The van der Waals surface area contributed by atoms with E-state index in [9.17, 15) is 9.90 Å². The highest BCUT2D eigenvalue weighted by atomic mass is 35.5. The quantitative estimate of drug-likeness (QED) is 0.722. The maximum Gasteiger partial charge on any atom is 0.221 e. The molecule has 0 aliphatic heterocycles. The Bertz CT molecular complexity index is 410. The minimum atomic E-state index is -0.470. The lowest BCUT2D eigenvalue weighted by Gasteiger charge is -2.30. The smallest absolute Gasteiger partial charge is 0.221 e. The molecule has 1 aromatic carbocycles. The van der Waals surface area contributed by atoms with Crippen molar-refractivity contribution in [1.82, 2.24) is 5.32 Å². The van der Waals surface area contributed by atoms with Crippen LogP contribution in [0, 0.1) is 0 Å². The van der Waals surface area contributed by atoms with Crippen LogP contribution in [-0.4, -0.2) is 28.9 Å². The van der Waals surface area contributed by atoms with Gasteiger partial charge >= 0.3 is 0 Å². The lowest BCUT2D eigenvalue weighted by Crippen LogP contribution is -2.50. The van der Waals surface area contributed by atoms with Crippen LogP contribution < -0.4 is 5.32 Å². The van der Waals surface area contributed by atoms with Crippen LogP contribution in [0.2, 0.25) is 5.02 Å². The third-order valence-corrected chi connectivity index (χ3v) is 4.74. The number of thioether (sulfide) groups is 1. The molecule has 0 fully saturated rings. The van der Waals surface area contributed by atoms with Crippen LogP contribution in [0.4, 0.5) is 0 Å². The number of nitrogens with one attached hydrogen (secondary N) is 1. The van der Waals surface area contributed by atoms with Crippen molar-refractivity contribution in [2.24, 2.45) is 0 Å². The number of hydrogen-bond acceptors (Lipinski definition) is 3. The molecule has 0 saturated heterocycles. The van der Waals surface area contributed by atoms with Crippen molar-refractivity contribution in [2.75, 3.05) is 12.4 Å². The van der Waals surface area contributed by atoms with Crippen molar-refractivity contribution < 1.29 is 9.90 Å². The van der Waals surface area contributed by atoms with E-state index in [1.807, 2.05) is 38.1 Å². The molecule has 0 heterocycles. The van der Waals surface area contributed by atoms with Gasteiger partial charge in [-0.2, -0.15) is 0 Å². The first kappa shape index (κ1) is 17.3. The zero-order valence-corrected chi connectivity index (χ0v) is 13.6. The monoisotopic (exact) mass is 315 g/mol. The highest BCUT2D eigenvalue weighted by Gasteiger charge is 2.26. The Morgan fingerprint density at radius 3 is 2.40 bits per heavy atom. The minimum absolute atomic E-state index is 0.00999. The average Bonchev–Trinajstić information content (AvgIpc) is 2.47. The Kier molecular flexibility index (Phi) is 7.41. The van der Waals surface area contributed by atoms with Gasteiger partial charge in [-0.25, -0.2) is 0 Å². The van der Waals surface area contributed by atoms with E-state index in [-0.39, 0.29) is 12.5 Å². The van der Waals surface area contributed by atoms with Gasteiger partial charge in [0.1, 0.15) is 0 Å². The van der Waals surface area contributed by atoms with E-state index in [1.54, 1.807) is 11.8 Å². The van der Waals surface area contributed by atoms with Crippen molar-refractivity contribution in [3.05, 3.63) is 29.3 Å². The van der Waals surface area contributed by atoms with Gasteiger partial charge in [0.05, 0.1) is 12.1 Å². The summed E-state index contributed by atoms with van der Waals surface area (Å²) in [5.74, 6) is 0.701. The van der Waals surface area contributed by atoms with E-state index in [2.05, 4.69) is 5.32 Å². The fourth-order valence-corrected chi connectivity index (χ4v) is 2.82. The first-order chi connectivity index (χ1) is 9.55. The lowest BCUT2D eigenvalue weighted by atomic mass is 9.94. The normalized spacial score (nSPS) is 11.4. The van der Waals surface area contributed by atoms with Gasteiger partial charge in [-0.3, -0.25) is 4.79 Å². The van der Waals surface area contributed by atoms with E-state index in [1.165, 1.54) is 0 Å². The Balaban J connectivity index is 2.38. The molecule has 0 bridgehead atoms. The van der Waals surface area contributed by atoms with Crippen molar-refractivity contribution in [3.63, 3.8) is 0 Å². The largest absolute Gasteiger partial charge is 0.394 e. The zero-order chi connectivity index (χ0) is 15.0. The summed E-state index contributed by atoms with van der Waals surface area (Å²) in [7, 11) is 0. The molecule has 0 unspecified atom stereocenters. The third kappa shape index (κ3) is 5.35. The number of aliphatic hydroxyl groups excluding tert-OH is 1. The fourth-order valence-electron chi connectivity index (χ4n) is 1.84. The lowest BCUT2D eigenvalue weighted by molar-refractivity contribution is -0.123. The predicted octanol–water partition coefficient (Wildman–Crippen LogP) is 3.49. The van der Waals surface area contributed by atoms with E-state index in [0.717, 1.165) is 17.7 Å². The summed E-state index contributed by atoms with van der Waals surface area (Å²) in [6.07, 6.45) is 1.90. The van der Waals surface area contributed by atoms with Crippen molar-refractivity contribution in [1.29, 1.82) is 0 Å². The second kappa shape index (κ2) is 8.55.